The first-order valence-electron chi connectivity index (χ1n) is 7.16. The SMILES string of the molecule is COc1cccc(/C=N/NC(=O)CNS(=O)(=O)c2ccccc2)c1O. The summed E-state index contributed by atoms with van der Waals surface area (Å²) in [5.41, 5.74) is 2.51. The van der Waals surface area contributed by atoms with Crippen LogP contribution in [0.4, 0.5) is 0 Å². The summed E-state index contributed by atoms with van der Waals surface area (Å²) in [7, 11) is -2.35. The van der Waals surface area contributed by atoms with Crippen molar-refractivity contribution in [3.8, 4) is 11.5 Å². The predicted molar refractivity (Wildman–Crippen MR) is 92.0 cm³/mol. The molecule has 0 aromatic heterocycles. The number of carbonyl (C=O) groups excluding carboxylic acids is 1. The van der Waals surface area contributed by atoms with Crippen LogP contribution in [0.3, 0.4) is 0 Å². The van der Waals surface area contributed by atoms with Gasteiger partial charge in [-0.3, -0.25) is 4.79 Å². The highest BCUT2D eigenvalue weighted by molar-refractivity contribution is 7.89. The molecule has 3 N–H and O–H groups in total. The molecule has 25 heavy (non-hydrogen) atoms. The number of aromatic hydroxyl groups is 1. The monoisotopic (exact) mass is 363 g/mol. The van der Waals surface area contributed by atoms with Crippen molar-refractivity contribution in [3.63, 3.8) is 0 Å². The Kier molecular flexibility index (Phi) is 6.09. The second-order valence-corrected chi connectivity index (χ2v) is 6.60. The molecule has 0 aliphatic carbocycles. The molecule has 0 unspecified atom stereocenters. The van der Waals surface area contributed by atoms with Crippen LogP contribution in [0.2, 0.25) is 0 Å². The standard InChI is InChI=1S/C16H17N3O5S/c1-24-14-9-5-6-12(16(14)21)10-17-19-15(20)11-18-25(22,23)13-7-3-2-4-8-13/h2-10,18,21H,11H2,1H3,(H,19,20)/b17-10+. The van der Waals surface area contributed by atoms with Gasteiger partial charge in [0.1, 0.15) is 0 Å². The van der Waals surface area contributed by atoms with Gasteiger partial charge in [0.15, 0.2) is 11.5 Å². The first-order chi connectivity index (χ1) is 11.9. The minimum absolute atomic E-state index is 0.0626. The smallest absolute Gasteiger partial charge is 0.255 e. The van der Waals surface area contributed by atoms with Gasteiger partial charge in [0.25, 0.3) is 5.91 Å². The van der Waals surface area contributed by atoms with Crippen LogP contribution in [0.5, 0.6) is 11.5 Å². The van der Waals surface area contributed by atoms with Crippen molar-refractivity contribution in [2.75, 3.05) is 13.7 Å². The van der Waals surface area contributed by atoms with Crippen LogP contribution in [-0.4, -0.2) is 39.3 Å². The number of hydrogen-bond donors (Lipinski definition) is 3. The molecule has 0 atom stereocenters. The van der Waals surface area contributed by atoms with Crippen LogP contribution < -0.4 is 14.9 Å². The van der Waals surface area contributed by atoms with Gasteiger partial charge >= 0.3 is 0 Å². The molecule has 0 fully saturated rings. The highest BCUT2D eigenvalue weighted by Gasteiger charge is 2.14. The minimum atomic E-state index is -3.77. The van der Waals surface area contributed by atoms with Gasteiger partial charge in [0, 0.05) is 5.56 Å². The zero-order valence-electron chi connectivity index (χ0n) is 13.3. The molecule has 0 heterocycles. The molecule has 0 radical (unpaired) electrons. The fourth-order valence-electron chi connectivity index (χ4n) is 1.87. The third-order valence-corrected chi connectivity index (χ3v) is 4.54. The average molecular weight is 363 g/mol. The molecule has 2 aromatic rings. The number of nitrogens with one attached hydrogen (secondary N) is 2. The highest BCUT2D eigenvalue weighted by atomic mass is 32.2. The Balaban J connectivity index is 1.91. The third-order valence-electron chi connectivity index (χ3n) is 3.12. The molecular formula is C16H17N3O5S. The van der Waals surface area contributed by atoms with E-state index in [1.54, 1.807) is 36.4 Å². The van der Waals surface area contributed by atoms with Gasteiger partial charge in [-0.2, -0.15) is 5.10 Å². The maximum Gasteiger partial charge on any atom is 0.255 e. The third kappa shape index (κ3) is 5.03. The quantitative estimate of drug-likeness (QED) is 0.498. The van der Waals surface area contributed by atoms with Gasteiger partial charge in [-0.1, -0.05) is 24.3 Å². The maximum absolute atomic E-state index is 12.0. The fraction of sp³-hybridized carbons (Fsp3) is 0.125. The number of nitrogens with zero attached hydrogens (tertiary/aromatic N) is 1. The Morgan fingerprint density at radius 1 is 1.20 bits per heavy atom. The van der Waals surface area contributed by atoms with Gasteiger partial charge in [0.2, 0.25) is 10.0 Å². The summed E-state index contributed by atoms with van der Waals surface area (Å²) >= 11 is 0. The summed E-state index contributed by atoms with van der Waals surface area (Å²) in [4.78, 5) is 11.7. The average Bonchev–Trinajstić information content (AvgIpc) is 2.62. The normalized spacial score (nSPS) is 11.4. The summed E-state index contributed by atoms with van der Waals surface area (Å²) in [6.45, 7) is -0.474. The largest absolute Gasteiger partial charge is 0.504 e. The number of phenols is 1. The van der Waals surface area contributed by atoms with Crippen molar-refractivity contribution in [2.24, 2.45) is 5.10 Å². The maximum atomic E-state index is 12.0. The van der Waals surface area contributed by atoms with E-state index < -0.39 is 22.5 Å². The van der Waals surface area contributed by atoms with Crippen LogP contribution in [0.1, 0.15) is 5.56 Å². The van der Waals surface area contributed by atoms with E-state index >= 15 is 0 Å². The summed E-state index contributed by atoms with van der Waals surface area (Å²) in [6, 6.07) is 12.5. The molecule has 8 nitrogen and oxygen atoms in total. The van der Waals surface area contributed by atoms with Gasteiger partial charge in [-0.15, -0.1) is 0 Å². The number of amides is 1. The number of hydrazone groups is 1. The molecule has 0 saturated carbocycles. The summed E-state index contributed by atoms with van der Waals surface area (Å²) in [5.74, 6) is -0.503. The Morgan fingerprint density at radius 3 is 2.60 bits per heavy atom. The van der Waals surface area contributed by atoms with Crippen LogP contribution in [0, 0.1) is 0 Å². The lowest BCUT2D eigenvalue weighted by molar-refractivity contribution is -0.119. The van der Waals surface area contributed by atoms with Gasteiger partial charge < -0.3 is 9.84 Å². The Hall–Kier alpha value is -2.91. The molecule has 0 bridgehead atoms. The molecule has 1 amide bonds. The van der Waals surface area contributed by atoms with Crippen molar-refractivity contribution in [2.45, 2.75) is 4.90 Å². The van der Waals surface area contributed by atoms with E-state index in [0.29, 0.717) is 5.56 Å². The number of ether oxygens (including phenoxy) is 1. The van der Waals surface area contributed by atoms with Gasteiger partial charge in [-0.25, -0.2) is 18.6 Å². The Bertz CT molecular complexity index is 867. The second kappa shape index (κ2) is 8.27. The number of benzene rings is 2. The second-order valence-electron chi connectivity index (χ2n) is 4.83. The molecule has 0 aliphatic rings. The van der Waals surface area contributed by atoms with E-state index in [4.69, 9.17) is 4.74 Å². The first-order valence-corrected chi connectivity index (χ1v) is 8.65. The van der Waals surface area contributed by atoms with E-state index in [0.717, 1.165) is 0 Å². The van der Waals surface area contributed by atoms with E-state index in [1.807, 2.05) is 0 Å². The molecule has 9 heteroatoms. The topological polar surface area (TPSA) is 117 Å². The summed E-state index contributed by atoms with van der Waals surface area (Å²) in [5, 5.41) is 13.5. The molecule has 2 aromatic carbocycles. The van der Waals surface area contributed by atoms with Crippen LogP contribution in [0.25, 0.3) is 0 Å². The van der Waals surface area contributed by atoms with Crippen LogP contribution >= 0.6 is 0 Å². The number of rotatable bonds is 7. The summed E-state index contributed by atoms with van der Waals surface area (Å²) in [6.07, 6.45) is 1.22. The molecule has 0 saturated heterocycles. The molecule has 0 aliphatic heterocycles. The van der Waals surface area contributed by atoms with Crippen molar-refractivity contribution >= 4 is 22.1 Å². The Labute approximate surface area is 145 Å². The zero-order valence-corrected chi connectivity index (χ0v) is 14.2. The highest BCUT2D eigenvalue weighted by Crippen LogP contribution is 2.27. The van der Waals surface area contributed by atoms with Gasteiger partial charge in [-0.05, 0) is 24.3 Å². The van der Waals surface area contributed by atoms with Crippen LogP contribution in [0.15, 0.2) is 58.5 Å². The first kappa shape index (κ1) is 18.4. The predicted octanol–water partition coefficient (Wildman–Crippen LogP) is 0.829. The van der Waals surface area contributed by atoms with Crippen molar-refractivity contribution < 1.29 is 23.1 Å². The lowest BCUT2D eigenvalue weighted by atomic mass is 10.2. The lowest BCUT2D eigenvalue weighted by Crippen LogP contribution is -2.34. The lowest BCUT2D eigenvalue weighted by Gasteiger charge is -2.06. The number of carbonyl (C=O) groups is 1. The van der Waals surface area contributed by atoms with E-state index in [1.165, 1.54) is 25.5 Å². The van der Waals surface area contributed by atoms with E-state index in [-0.39, 0.29) is 16.4 Å². The minimum Gasteiger partial charge on any atom is -0.504 e. The molecule has 132 valence electrons. The van der Waals surface area contributed by atoms with Crippen LogP contribution in [-0.2, 0) is 14.8 Å². The zero-order chi connectivity index (χ0) is 18.3. The number of hydrogen-bond acceptors (Lipinski definition) is 6. The Morgan fingerprint density at radius 2 is 1.92 bits per heavy atom. The van der Waals surface area contributed by atoms with Crippen molar-refractivity contribution in [1.29, 1.82) is 0 Å². The summed E-state index contributed by atoms with van der Waals surface area (Å²) < 4.78 is 31.1. The number of sulfonamides is 1. The molecular weight excluding hydrogens is 346 g/mol. The fourth-order valence-corrected chi connectivity index (χ4v) is 2.87. The number of para-hydroxylation sites is 1. The number of methoxy groups -OCH3 is 1. The van der Waals surface area contributed by atoms with Crippen molar-refractivity contribution in [3.05, 3.63) is 54.1 Å². The van der Waals surface area contributed by atoms with Gasteiger partial charge in [0.05, 0.1) is 24.8 Å². The molecule has 0 spiro atoms. The van der Waals surface area contributed by atoms with E-state index in [9.17, 15) is 18.3 Å². The number of phenolic OH excluding ortho intramolecular Hbond substituents is 1. The molecule has 2 rings (SSSR count). The van der Waals surface area contributed by atoms with E-state index in [2.05, 4.69) is 15.2 Å². The van der Waals surface area contributed by atoms with Crippen molar-refractivity contribution in [1.82, 2.24) is 10.1 Å².